The molecule has 6 heteroatoms. The molecular formula is C11H15N3O3. The van der Waals surface area contributed by atoms with Crippen LogP contribution in [0, 0.1) is 0 Å². The fourth-order valence-corrected chi connectivity index (χ4v) is 1.10. The molecule has 0 aromatic heterocycles. The Hall–Kier alpha value is -2.24. The van der Waals surface area contributed by atoms with Gasteiger partial charge in [-0.1, -0.05) is 0 Å². The number of hydrogen-bond acceptors (Lipinski definition) is 5. The number of ether oxygens (including phenoxy) is 1. The van der Waals surface area contributed by atoms with Crippen LogP contribution in [0.1, 0.15) is 6.92 Å². The highest BCUT2D eigenvalue weighted by Crippen LogP contribution is 2.11. The molecule has 0 spiro atoms. The molecule has 0 fully saturated rings. The van der Waals surface area contributed by atoms with Gasteiger partial charge in [-0.2, -0.15) is 0 Å². The number of anilines is 2. The van der Waals surface area contributed by atoms with Crippen LogP contribution >= 0.6 is 0 Å². The van der Waals surface area contributed by atoms with Crippen molar-refractivity contribution in [3.8, 4) is 0 Å². The predicted molar refractivity (Wildman–Crippen MR) is 64.4 cm³/mol. The van der Waals surface area contributed by atoms with Crippen molar-refractivity contribution in [2.24, 2.45) is 0 Å². The second kappa shape index (κ2) is 6.37. The Kier molecular flexibility index (Phi) is 4.80. The van der Waals surface area contributed by atoms with Crippen LogP contribution < -0.4 is 16.2 Å². The van der Waals surface area contributed by atoms with Crippen LogP contribution in [-0.2, 0) is 14.3 Å². The van der Waals surface area contributed by atoms with Crippen molar-refractivity contribution in [1.82, 2.24) is 5.43 Å². The third-order valence-electron chi connectivity index (χ3n) is 1.95. The third-order valence-corrected chi connectivity index (χ3v) is 1.95. The van der Waals surface area contributed by atoms with Gasteiger partial charge in [0.15, 0.2) is 0 Å². The zero-order valence-electron chi connectivity index (χ0n) is 9.74. The van der Waals surface area contributed by atoms with E-state index in [1.54, 1.807) is 19.1 Å². The van der Waals surface area contributed by atoms with Crippen molar-refractivity contribution in [1.29, 1.82) is 0 Å². The molecule has 0 atom stereocenters. The van der Waals surface area contributed by atoms with E-state index in [1.165, 1.54) is 0 Å². The summed E-state index contributed by atoms with van der Waals surface area (Å²) in [5.41, 5.74) is 6.46. The fraction of sp³-hybridized carbons (Fsp3) is 0.273. The smallest absolute Gasteiger partial charge is 0.398 e. The summed E-state index contributed by atoms with van der Waals surface area (Å²) in [6.07, 6.45) is 0. The van der Waals surface area contributed by atoms with Gasteiger partial charge in [0.1, 0.15) is 0 Å². The highest BCUT2D eigenvalue weighted by molar-refractivity contribution is 6.32. The second-order valence-electron chi connectivity index (χ2n) is 3.13. The highest BCUT2D eigenvalue weighted by atomic mass is 16.5. The van der Waals surface area contributed by atoms with Gasteiger partial charge in [0, 0.05) is 12.7 Å². The monoisotopic (exact) mass is 237 g/mol. The Morgan fingerprint density at radius 1 is 1.18 bits per heavy atom. The quantitative estimate of drug-likeness (QED) is 0.409. The fourth-order valence-electron chi connectivity index (χ4n) is 1.10. The van der Waals surface area contributed by atoms with Gasteiger partial charge < -0.3 is 10.1 Å². The first-order valence-corrected chi connectivity index (χ1v) is 5.18. The Labute approximate surface area is 99.3 Å². The molecular weight excluding hydrogens is 222 g/mol. The van der Waals surface area contributed by atoms with Gasteiger partial charge in [0.2, 0.25) is 0 Å². The van der Waals surface area contributed by atoms with Gasteiger partial charge in [-0.3, -0.25) is 15.6 Å². The molecule has 3 N–H and O–H groups in total. The van der Waals surface area contributed by atoms with Gasteiger partial charge in [-0.25, -0.2) is 4.79 Å². The van der Waals surface area contributed by atoms with E-state index < -0.39 is 11.9 Å². The molecule has 0 radical (unpaired) electrons. The van der Waals surface area contributed by atoms with E-state index in [0.717, 1.165) is 5.69 Å². The lowest BCUT2D eigenvalue weighted by molar-refractivity contribution is -0.154. The van der Waals surface area contributed by atoms with Gasteiger partial charge in [0.25, 0.3) is 0 Å². The first kappa shape index (κ1) is 12.8. The molecule has 1 aromatic rings. The van der Waals surface area contributed by atoms with E-state index in [-0.39, 0.29) is 6.61 Å². The standard InChI is InChI=1S/C11H15N3O3/c1-3-17-11(16)10(15)14-13-9-6-4-8(12-2)5-7-9/h4-7,12-13H,3H2,1-2H3,(H,14,15). The molecule has 0 aliphatic rings. The van der Waals surface area contributed by atoms with E-state index in [4.69, 9.17) is 0 Å². The minimum atomic E-state index is -0.910. The molecule has 1 amide bonds. The number of benzene rings is 1. The van der Waals surface area contributed by atoms with E-state index >= 15 is 0 Å². The number of hydrogen-bond donors (Lipinski definition) is 3. The first-order valence-electron chi connectivity index (χ1n) is 5.18. The molecule has 0 unspecified atom stereocenters. The Bertz CT molecular complexity index is 389. The van der Waals surface area contributed by atoms with Gasteiger partial charge in [0.05, 0.1) is 12.3 Å². The number of rotatable bonds is 4. The molecule has 0 saturated heterocycles. The summed E-state index contributed by atoms with van der Waals surface area (Å²) in [5, 5.41) is 2.96. The van der Waals surface area contributed by atoms with E-state index in [1.807, 2.05) is 19.2 Å². The average Bonchev–Trinajstić information content (AvgIpc) is 2.36. The van der Waals surface area contributed by atoms with Crippen LogP contribution in [-0.4, -0.2) is 25.5 Å². The van der Waals surface area contributed by atoms with E-state index in [2.05, 4.69) is 20.9 Å². The predicted octanol–water partition coefficient (Wildman–Crippen LogP) is 0.734. The van der Waals surface area contributed by atoms with Crippen molar-refractivity contribution < 1.29 is 14.3 Å². The highest BCUT2D eigenvalue weighted by Gasteiger charge is 2.13. The molecule has 1 rings (SSSR count). The van der Waals surface area contributed by atoms with Gasteiger partial charge in [-0.05, 0) is 31.2 Å². The topological polar surface area (TPSA) is 79.5 Å². The number of nitrogens with one attached hydrogen (secondary N) is 3. The lowest BCUT2D eigenvalue weighted by atomic mass is 10.3. The molecule has 0 heterocycles. The normalized spacial score (nSPS) is 9.29. The molecule has 0 bridgehead atoms. The van der Waals surface area contributed by atoms with Gasteiger partial charge >= 0.3 is 11.9 Å². The minimum absolute atomic E-state index is 0.170. The Balaban J connectivity index is 2.44. The summed E-state index contributed by atoms with van der Waals surface area (Å²) in [7, 11) is 1.81. The molecule has 0 saturated carbocycles. The molecule has 6 nitrogen and oxygen atoms in total. The summed E-state index contributed by atoms with van der Waals surface area (Å²) in [6, 6.07) is 7.19. The summed E-state index contributed by atoms with van der Waals surface area (Å²) in [4.78, 5) is 22.1. The molecule has 17 heavy (non-hydrogen) atoms. The van der Waals surface area contributed by atoms with Crippen LogP contribution in [0.15, 0.2) is 24.3 Å². The Morgan fingerprint density at radius 2 is 1.76 bits per heavy atom. The molecule has 92 valence electrons. The van der Waals surface area contributed by atoms with Crippen LogP contribution in [0.4, 0.5) is 11.4 Å². The van der Waals surface area contributed by atoms with Crippen molar-refractivity contribution in [3.63, 3.8) is 0 Å². The minimum Gasteiger partial charge on any atom is -0.459 e. The van der Waals surface area contributed by atoms with Crippen LogP contribution in [0.2, 0.25) is 0 Å². The zero-order chi connectivity index (χ0) is 12.7. The maximum absolute atomic E-state index is 11.2. The average molecular weight is 237 g/mol. The van der Waals surface area contributed by atoms with Crippen molar-refractivity contribution in [3.05, 3.63) is 24.3 Å². The summed E-state index contributed by atoms with van der Waals surface area (Å²) in [5.74, 6) is -1.74. The van der Waals surface area contributed by atoms with E-state index in [0.29, 0.717) is 5.69 Å². The molecule has 1 aromatic carbocycles. The van der Waals surface area contributed by atoms with Crippen LogP contribution in [0.5, 0.6) is 0 Å². The molecule has 0 aliphatic carbocycles. The van der Waals surface area contributed by atoms with Crippen molar-refractivity contribution in [2.75, 3.05) is 24.4 Å². The van der Waals surface area contributed by atoms with Gasteiger partial charge in [-0.15, -0.1) is 0 Å². The maximum atomic E-state index is 11.2. The number of amides is 1. The second-order valence-corrected chi connectivity index (χ2v) is 3.13. The summed E-state index contributed by atoms with van der Waals surface area (Å²) >= 11 is 0. The SMILES string of the molecule is CCOC(=O)C(=O)NNc1ccc(NC)cc1. The van der Waals surface area contributed by atoms with Crippen LogP contribution in [0.3, 0.4) is 0 Å². The number of carbonyl (C=O) groups is 2. The first-order chi connectivity index (χ1) is 8.17. The van der Waals surface area contributed by atoms with Crippen molar-refractivity contribution >= 4 is 23.3 Å². The molecule has 0 aliphatic heterocycles. The number of hydrazine groups is 1. The van der Waals surface area contributed by atoms with Crippen LogP contribution in [0.25, 0.3) is 0 Å². The summed E-state index contributed by atoms with van der Waals surface area (Å²) < 4.78 is 4.53. The third kappa shape index (κ3) is 4.02. The van der Waals surface area contributed by atoms with Crippen molar-refractivity contribution in [2.45, 2.75) is 6.92 Å². The Morgan fingerprint density at radius 3 is 2.29 bits per heavy atom. The largest absolute Gasteiger partial charge is 0.459 e. The zero-order valence-corrected chi connectivity index (χ0v) is 9.74. The lowest BCUT2D eigenvalue weighted by Crippen LogP contribution is -2.36. The number of carbonyl (C=O) groups excluding carboxylic acids is 2. The van der Waals surface area contributed by atoms with E-state index in [9.17, 15) is 9.59 Å². The lowest BCUT2D eigenvalue weighted by Gasteiger charge is -2.08. The summed E-state index contributed by atoms with van der Waals surface area (Å²) in [6.45, 7) is 1.80. The maximum Gasteiger partial charge on any atom is 0.398 e. The number of esters is 1.